The predicted molar refractivity (Wildman–Crippen MR) is 127 cm³/mol. The Morgan fingerprint density at radius 3 is 2.66 bits per heavy atom. The van der Waals surface area contributed by atoms with E-state index < -0.39 is 0 Å². The molecule has 0 aromatic heterocycles. The van der Waals surface area contributed by atoms with Gasteiger partial charge in [-0.1, -0.05) is 12.1 Å². The number of ether oxygens (including phenoxy) is 1. The van der Waals surface area contributed by atoms with Gasteiger partial charge >= 0.3 is 0 Å². The van der Waals surface area contributed by atoms with E-state index in [2.05, 4.69) is 44.9 Å². The first-order chi connectivity index (χ1) is 15.7. The van der Waals surface area contributed by atoms with Crippen LogP contribution in [0.25, 0.3) is 0 Å². The van der Waals surface area contributed by atoms with Gasteiger partial charge in [0.25, 0.3) is 0 Å². The summed E-state index contributed by atoms with van der Waals surface area (Å²) in [5, 5.41) is 0. The van der Waals surface area contributed by atoms with Gasteiger partial charge in [-0.3, -0.25) is 14.7 Å². The molecule has 4 aliphatic rings. The van der Waals surface area contributed by atoms with Crippen molar-refractivity contribution in [1.82, 2.24) is 14.7 Å². The van der Waals surface area contributed by atoms with Crippen LogP contribution in [0.1, 0.15) is 24.0 Å². The lowest BCUT2D eigenvalue weighted by atomic mass is 10.0. The van der Waals surface area contributed by atoms with E-state index in [-0.39, 0.29) is 12.3 Å². The summed E-state index contributed by atoms with van der Waals surface area (Å²) >= 11 is 0. The number of amidine groups is 2. The number of fused-ring (bicyclic) bond motifs is 1. The molecule has 5 rings (SSSR count). The predicted octanol–water partition coefficient (Wildman–Crippen LogP) is 1.25. The molecule has 2 saturated heterocycles. The van der Waals surface area contributed by atoms with Crippen molar-refractivity contribution in [3.05, 3.63) is 29.3 Å². The zero-order valence-electron chi connectivity index (χ0n) is 19.1. The standard InChI is InChI=1S/C24H34N6O2/c1-27-9-11-28(12-10-27)18-19-3-2-4-21-20(19)6-8-30(21)24(31)17-22-25-7-5-23(26-22)29-13-15-32-16-14-29/h2-4H,5-18H2,1H3. The molecule has 0 bridgehead atoms. The number of piperazine rings is 1. The van der Waals surface area contributed by atoms with E-state index >= 15 is 0 Å². The number of nitrogens with zero attached hydrogens (tertiary/aromatic N) is 6. The molecule has 172 valence electrons. The van der Waals surface area contributed by atoms with Crippen molar-refractivity contribution in [1.29, 1.82) is 0 Å². The van der Waals surface area contributed by atoms with Crippen LogP contribution in [0.3, 0.4) is 0 Å². The molecule has 4 heterocycles. The number of aliphatic imine (C=N–C) groups is 2. The van der Waals surface area contributed by atoms with E-state index in [1.165, 1.54) is 11.1 Å². The fraction of sp³-hybridized carbons (Fsp3) is 0.625. The Hall–Kier alpha value is -2.29. The van der Waals surface area contributed by atoms with Gasteiger partial charge in [0.05, 0.1) is 19.6 Å². The van der Waals surface area contributed by atoms with Crippen molar-refractivity contribution in [2.24, 2.45) is 9.98 Å². The van der Waals surface area contributed by atoms with E-state index in [1.807, 2.05) is 4.90 Å². The van der Waals surface area contributed by atoms with E-state index in [9.17, 15) is 4.79 Å². The minimum Gasteiger partial charge on any atom is -0.378 e. The molecule has 32 heavy (non-hydrogen) atoms. The molecule has 8 nitrogen and oxygen atoms in total. The minimum absolute atomic E-state index is 0.103. The maximum absolute atomic E-state index is 13.2. The van der Waals surface area contributed by atoms with Gasteiger partial charge in [-0.15, -0.1) is 0 Å². The Balaban J connectivity index is 1.25. The highest BCUT2D eigenvalue weighted by molar-refractivity contribution is 6.11. The third-order valence-electron chi connectivity index (χ3n) is 6.99. The highest BCUT2D eigenvalue weighted by Crippen LogP contribution is 2.32. The Labute approximate surface area is 190 Å². The molecule has 8 heteroatoms. The molecule has 0 unspecified atom stereocenters. The molecular formula is C24H34N6O2. The first-order valence-electron chi connectivity index (χ1n) is 11.9. The number of anilines is 1. The number of morpholine rings is 1. The summed E-state index contributed by atoms with van der Waals surface area (Å²) in [6, 6.07) is 6.43. The lowest BCUT2D eigenvalue weighted by Gasteiger charge is -2.32. The lowest BCUT2D eigenvalue weighted by Crippen LogP contribution is -2.44. The average molecular weight is 439 g/mol. The number of carbonyl (C=O) groups excluding carboxylic acids is 1. The molecule has 0 saturated carbocycles. The van der Waals surface area contributed by atoms with Crippen LogP contribution >= 0.6 is 0 Å². The number of rotatable bonds is 4. The van der Waals surface area contributed by atoms with E-state index in [4.69, 9.17) is 9.73 Å². The normalized spacial score (nSPS) is 22.5. The van der Waals surface area contributed by atoms with Crippen LogP contribution in [0.2, 0.25) is 0 Å². The van der Waals surface area contributed by atoms with E-state index in [1.54, 1.807) is 0 Å². The summed E-state index contributed by atoms with van der Waals surface area (Å²) < 4.78 is 5.45. The number of hydrogen-bond acceptors (Lipinski definition) is 7. The molecule has 1 aromatic carbocycles. The number of likely N-dealkylation sites (N-methyl/N-ethyl adjacent to an activating group) is 1. The Morgan fingerprint density at radius 2 is 1.84 bits per heavy atom. The Kier molecular flexibility index (Phi) is 6.52. The van der Waals surface area contributed by atoms with Gasteiger partial charge in [-0.25, -0.2) is 4.99 Å². The van der Waals surface area contributed by atoms with Crippen LogP contribution in [-0.2, 0) is 22.5 Å². The van der Waals surface area contributed by atoms with Crippen molar-refractivity contribution < 1.29 is 9.53 Å². The summed E-state index contributed by atoms with van der Waals surface area (Å²) in [4.78, 5) is 31.7. The van der Waals surface area contributed by atoms with Gasteiger partial charge in [0.2, 0.25) is 5.91 Å². The molecule has 0 aliphatic carbocycles. The third kappa shape index (κ3) is 4.72. The number of carbonyl (C=O) groups is 1. The summed E-state index contributed by atoms with van der Waals surface area (Å²) in [6.45, 7) is 10.1. The summed E-state index contributed by atoms with van der Waals surface area (Å²) in [6.07, 6.45) is 2.05. The largest absolute Gasteiger partial charge is 0.378 e. The zero-order valence-corrected chi connectivity index (χ0v) is 19.1. The van der Waals surface area contributed by atoms with Gasteiger partial charge in [-0.2, -0.15) is 0 Å². The molecular weight excluding hydrogens is 404 g/mol. The van der Waals surface area contributed by atoms with E-state index in [0.29, 0.717) is 12.4 Å². The molecule has 2 fully saturated rings. The van der Waals surface area contributed by atoms with Crippen LogP contribution in [0.5, 0.6) is 0 Å². The zero-order chi connectivity index (χ0) is 21.9. The SMILES string of the molecule is CN1CCN(Cc2cccc3c2CCN3C(=O)CC2=NCCC(N3CCOCC3)=N2)CC1. The topological polar surface area (TPSA) is 64.0 Å². The Bertz CT molecular complexity index is 900. The Morgan fingerprint density at radius 1 is 1.03 bits per heavy atom. The second-order valence-electron chi connectivity index (χ2n) is 9.14. The fourth-order valence-electron chi connectivity index (χ4n) is 5.06. The highest BCUT2D eigenvalue weighted by Gasteiger charge is 2.28. The molecule has 4 aliphatic heterocycles. The van der Waals surface area contributed by atoms with Gasteiger partial charge < -0.3 is 19.4 Å². The summed E-state index contributed by atoms with van der Waals surface area (Å²) in [7, 11) is 2.19. The first-order valence-corrected chi connectivity index (χ1v) is 11.9. The fourth-order valence-corrected chi connectivity index (χ4v) is 5.06. The number of amides is 1. The van der Waals surface area contributed by atoms with Gasteiger partial charge in [-0.05, 0) is 30.7 Å². The van der Waals surface area contributed by atoms with Crippen molar-refractivity contribution >= 4 is 23.3 Å². The van der Waals surface area contributed by atoms with Crippen LogP contribution in [-0.4, -0.2) is 105 Å². The average Bonchev–Trinajstić information content (AvgIpc) is 3.27. The second-order valence-corrected chi connectivity index (χ2v) is 9.14. The van der Waals surface area contributed by atoms with E-state index in [0.717, 1.165) is 89.9 Å². The van der Waals surface area contributed by atoms with Crippen molar-refractivity contribution in [2.75, 3.05) is 77.5 Å². The van der Waals surface area contributed by atoms with Crippen LogP contribution < -0.4 is 4.90 Å². The molecule has 0 N–H and O–H groups in total. The monoisotopic (exact) mass is 438 g/mol. The van der Waals surface area contributed by atoms with Gasteiger partial charge in [0, 0.05) is 71.0 Å². The quantitative estimate of drug-likeness (QED) is 0.708. The van der Waals surface area contributed by atoms with Gasteiger partial charge in [0.15, 0.2) is 0 Å². The van der Waals surface area contributed by atoms with Crippen LogP contribution in [0.15, 0.2) is 28.2 Å². The minimum atomic E-state index is 0.103. The van der Waals surface area contributed by atoms with Crippen LogP contribution in [0.4, 0.5) is 5.69 Å². The van der Waals surface area contributed by atoms with Gasteiger partial charge in [0.1, 0.15) is 11.7 Å². The van der Waals surface area contributed by atoms with Crippen molar-refractivity contribution in [3.8, 4) is 0 Å². The maximum atomic E-state index is 13.2. The van der Waals surface area contributed by atoms with Crippen molar-refractivity contribution in [2.45, 2.75) is 25.8 Å². The maximum Gasteiger partial charge on any atom is 0.234 e. The molecule has 1 amide bonds. The smallest absolute Gasteiger partial charge is 0.234 e. The molecule has 0 atom stereocenters. The molecule has 0 radical (unpaired) electrons. The number of hydrogen-bond donors (Lipinski definition) is 0. The summed E-state index contributed by atoms with van der Waals surface area (Å²) in [5.41, 5.74) is 3.78. The lowest BCUT2D eigenvalue weighted by molar-refractivity contribution is -0.117. The van der Waals surface area contributed by atoms with Crippen molar-refractivity contribution in [3.63, 3.8) is 0 Å². The molecule has 1 aromatic rings. The first kappa shape index (κ1) is 21.6. The summed E-state index contributed by atoms with van der Waals surface area (Å²) in [5.74, 6) is 1.83. The van der Waals surface area contributed by atoms with Crippen LogP contribution in [0, 0.1) is 0 Å². The number of benzene rings is 1. The second kappa shape index (κ2) is 9.68. The third-order valence-corrected chi connectivity index (χ3v) is 6.99. The molecule has 0 spiro atoms. The highest BCUT2D eigenvalue weighted by atomic mass is 16.5.